The maximum atomic E-state index is 10.9. The molecule has 0 aliphatic rings. The fraction of sp³-hybridized carbons (Fsp3) is 0.417. The van der Waals surface area contributed by atoms with E-state index in [9.17, 15) is 10.1 Å². The molecular weight excluding hydrogens is 234 g/mol. The summed E-state index contributed by atoms with van der Waals surface area (Å²) in [5.74, 6) is 0.223. The molecule has 0 fully saturated rings. The highest BCUT2D eigenvalue weighted by Crippen LogP contribution is 2.30. The Bertz CT molecular complexity index is 468. The number of likely N-dealkylation sites (N-methyl/N-ethyl adjacent to an activating group) is 1. The van der Waals surface area contributed by atoms with Gasteiger partial charge in [0.05, 0.1) is 11.0 Å². The van der Waals surface area contributed by atoms with Crippen molar-refractivity contribution >= 4 is 5.69 Å². The number of rotatable bonds is 6. The van der Waals surface area contributed by atoms with E-state index in [4.69, 9.17) is 10.00 Å². The third-order valence-corrected chi connectivity index (χ3v) is 2.39. The molecule has 1 atom stereocenters. The van der Waals surface area contributed by atoms with Crippen molar-refractivity contribution in [2.24, 2.45) is 0 Å². The molecule has 0 amide bonds. The minimum absolute atomic E-state index is 0.0794. The molecule has 6 heteroatoms. The molecule has 1 rings (SSSR count). The lowest BCUT2D eigenvalue weighted by Crippen LogP contribution is -2.33. The minimum Gasteiger partial charge on any atom is -0.484 e. The van der Waals surface area contributed by atoms with Crippen LogP contribution in [0.4, 0.5) is 5.69 Å². The van der Waals surface area contributed by atoms with Crippen molar-refractivity contribution < 1.29 is 9.66 Å². The predicted octanol–water partition coefficient (Wildman–Crippen LogP) is 1.78. The number of aryl methyl sites for hydroxylation is 1. The third-order valence-electron chi connectivity index (χ3n) is 2.39. The first-order chi connectivity index (χ1) is 8.60. The monoisotopic (exact) mass is 249 g/mol. The van der Waals surface area contributed by atoms with Crippen molar-refractivity contribution in [1.82, 2.24) is 5.32 Å². The molecule has 0 radical (unpaired) electrons. The molecule has 0 aromatic heterocycles. The molecule has 1 unspecified atom stereocenters. The average molecular weight is 249 g/mol. The first-order valence-electron chi connectivity index (χ1n) is 5.60. The highest BCUT2D eigenvalue weighted by molar-refractivity contribution is 5.51. The summed E-state index contributed by atoms with van der Waals surface area (Å²) in [6.07, 6.45) is 0. The number of nitriles is 1. The SMILES string of the molecule is CCNC(C#N)COc1c(C)cccc1[N+](=O)[O-]. The van der Waals surface area contributed by atoms with Crippen LogP contribution in [-0.4, -0.2) is 24.1 Å². The van der Waals surface area contributed by atoms with Gasteiger partial charge in [-0.05, 0) is 19.0 Å². The van der Waals surface area contributed by atoms with E-state index >= 15 is 0 Å². The van der Waals surface area contributed by atoms with Crippen LogP contribution in [0.3, 0.4) is 0 Å². The highest BCUT2D eigenvalue weighted by Gasteiger charge is 2.18. The van der Waals surface area contributed by atoms with Gasteiger partial charge >= 0.3 is 5.69 Å². The lowest BCUT2D eigenvalue weighted by atomic mass is 10.2. The van der Waals surface area contributed by atoms with Gasteiger partial charge in [0.1, 0.15) is 12.6 Å². The van der Waals surface area contributed by atoms with Crippen LogP contribution >= 0.6 is 0 Å². The van der Waals surface area contributed by atoms with Crippen LogP contribution in [0.5, 0.6) is 5.75 Å². The largest absolute Gasteiger partial charge is 0.484 e. The van der Waals surface area contributed by atoms with Gasteiger partial charge in [-0.2, -0.15) is 5.26 Å². The molecule has 6 nitrogen and oxygen atoms in total. The van der Waals surface area contributed by atoms with E-state index in [0.29, 0.717) is 12.1 Å². The molecule has 0 bridgehead atoms. The Morgan fingerprint density at radius 1 is 1.61 bits per heavy atom. The number of nitrogens with one attached hydrogen (secondary N) is 1. The molecule has 1 aromatic carbocycles. The topological polar surface area (TPSA) is 88.2 Å². The van der Waals surface area contributed by atoms with Crippen LogP contribution in [0.1, 0.15) is 12.5 Å². The highest BCUT2D eigenvalue weighted by atomic mass is 16.6. The number of nitro groups is 1. The summed E-state index contributed by atoms with van der Waals surface area (Å²) in [6.45, 7) is 4.32. The lowest BCUT2D eigenvalue weighted by molar-refractivity contribution is -0.385. The lowest BCUT2D eigenvalue weighted by Gasteiger charge is -2.13. The Kier molecular flexibility index (Phi) is 5.08. The molecule has 0 aliphatic heterocycles. The van der Waals surface area contributed by atoms with Crippen LogP contribution in [0, 0.1) is 28.4 Å². The maximum Gasteiger partial charge on any atom is 0.311 e. The fourth-order valence-corrected chi connectivity index (χ4v) is 1.52. The molecule has 1 N–H and O–H groups in total. The first kappa shape index (κ1) is 13.9. The average Bonchev–Trinajstić information content (AvgIpc) is 2.35. The minimum atomic E-state index is -0.489. The normalized spacial score (nSPS) is 11.6. The van der Waals surface area contributed by atoms with Gasteiger partial charge in [-0.15, -0.1) is 0 Å². The molecular formula is C12H15N3O3. The summed E-state index contributed by atoms with van der Waals surface area (Å²) in [7, 11) is 0. The second-order valence-electron chi connectivity index (χ2n) is 3.73. The van der Waals surface area contributed by atoms with Crippen molar-refractivity contribution in [2.75, 3.05) is 13.2 Å². The van der Waals surface area contributed by atoms with Gasteiger partial charge in [-0.1, -0.05) is 19.1 Å². The zero-order chi connectivity index (χ0) is 13.5. The zero-order valence-electron chi connectivity index (χ0n) is 10.3. The van der Waals surface area contributed by atoms with E-state index in [1.165, 1.54) is 6.07 Å². The van der Waals surface area contributed by atoms with Gasteiger partial charge in [0.15, 0.2) is 5.75 Å². The van der Waals surface area contributed by atoms with Gasteiger partial charge in [0.25, 0.3) is 0 Å². The van der Waals surface area contributed by atoms with Gasteiger partial charge < -0.3 is 4.74 Å². The van der Waals surface area contributed by atoms with Crippen LogP contribution in [-0.2, 0) is 0 Å². The van der Waals surface area contributed by atoms with Crippen molar-refractivity contribution in [3.63, 3.8) is 0 Å². The first-order valence-corrected chi connectivity index (χ1v) is 5.60. The summed E-state index contributed by atoms with van der Waals surface area (Å²) in [5, 5.41) is 22.6. The van der Waals surface area contributed by atoms with Gasteiger partial charge in [-0.3, -0.25) is 15.4 Å². The standard InChI is InChI=1S/C12H15N3O3/c1-3-14-10(7-13)8-18-12-9(2)5-4-6-11(12)15(16)17/h4-6,10,14H,3,8H2,1-2H3. The smallest absolute Gasteiger partial charge is 0.311 e. The number of benzene rings is 1. The van der Waals surface area contributed by atoms with Crippen LogP contribution in [0.25, 0.3) is 0 Å². The second-order valence-corrected chi connectivity index (χ2v) is 3.73. The molecule has 18 heavy (non-hydrogen) atoms. The third kappa shape index (κ3) is 3.43. The summed E-state index contributed by atoms with van der Waals surface area (Å²) in [5.41, 5.74) is 0.598. The molecule has 0 aliphatic carbocycles. The van der Waals surface area contributed by atoms with Crippen LogP contribution < -0.4 is 10.1 Å². The van der Waals surface area contributed by atoms with Crippen molar-refractivity contribution in [1.29, 1.82) is 5.26 Å². The summed E-state index contributed by atoms with van der Waals surface area (Å²) in [4.78, 5) is 10.4. The van der Waals surface area contributed by atoms with E-state index in [2.05, 4.69) is 5.32 Å². The molecule has 0 spiro atoms. The van der Waals surface area contributed by atoms with Gasteiger partial charge in [0.2, 0.25) is 0 Å². The Labute approximate surface area is 105 Å². The Morgan fingerprint density at radius 3 is 2.89 bits per heavy atom. The summed E-state index contributed by atoms with van der Waals surface area (Å²) >= 11 is 0. The number of hydrogen-bond donors (Lipinski definition) is 1. The van der Waals surface area contributed by atoms with E-state index in [0.717, 1.165) is 0 Å². The molecule has 96 valence electrons. The Balaban J connectivity index is 2.84. The predicted molar refractivity (Wildman–Crippen MR) is 66.4 cm³/mol. The summed E-state index contributed by atoms with van der Waals surface area (Å²) < 4.78 is 5.41. The molecule has 0 saturated heterocycles. The number of para-hydroxylation sites is 1. The van der Waals surface area contributed by atoms with Gasteiger partial charge in [0, 0.05) is 6.07 Å². The van der Waals surface area contributed by atoms with Crippen LogP contribution in [0.15, 0.2) is 18.2 Å². The number of hydrogen-bond acceptors (Lipinski definition) is 5. The van der Waals surface area contributed by atoms with E-state index in [1.807, 2.05) is 13.0 Å². The van der Waals surface area contributed by atoms with E-state index in [-0.39, 0.29) is 18.0 Å². The Morgan fingerprint density at radius 2 is 2.33 bits per heavy atom. The molecule has 0 saturated carbocycles. The number of nitrogens with zero attached hydrogens (tertiary/aromatic N) is 2. The van der Waals surface area contributed by atoms with E-state index < -0.39 is 11.0 Å². The fourth-order valence-electron chi connectivity index (χ4n) is 1.52. The Hall–Kier alpha value is -2.13. The van der Waals surface area contributed by atoms with Crippen molar-refractivity contribution in [3.05, 3.63) is 33.9 Å². The van der Waals surface area contributed by atoms with Crippen molar-refractivity contribution in [3.8, 4) is 11.8 Å². The zero-order valence-corrected chi connectivity index (χ0v) is 10.3. The van der Waals surface area contributed by atoms with Crippen LogP contribution in [0.2, 0.25) is 0 Å². The van der Waals surface area contributed by atoms with Crippen molar-refractivity contribution in [2.45, 2.75) is 19.9 Å². The molecule has 0 heterocycles. The summed E-state index contributed by atoms with van der Waals surface area (Å²) in [6, 6.07) is 6.28. The maximum absolute atomic E-state index is 10.9. The van der Waals surface area contributed by atoms with E-state index in [1.54, 1.807) is 19.1 Å². The second kappa shape index (κ2) is 6.57. The number of nitro benzene ring substituents is 1. The number of ether oxygens (including phenoxy) is 1. The molecule has 1 aromatic rings. The van der Waals surface area contributed by atoms with Gasteiger partial charge in [-0.25, -0.2) is 0 Å². The quantitative estimate of drug-likeness (QED) is 0.613.